The summed E-state index contributed by atoms with van der Waals surface area (Å²) in [7, 11) is 1.61. The first kappa shape index (κ1) is 19.5. The molecule has 0 heterocycles. The fraction of sp³-hybridized carbons (Fsp3) is 0.333. The van der Waals surface area contributed by atoms with Gasteiger partial charge in [-0.15, -0.1) is 0 Å². The second kappa shape index (κ2) is 10.2. The van der Waals surface area contributed by atoms with Gasteiger partial charge >= 0.3 is 5.97 Å². The minimum atomic E-state index is -0.345. The monoisotopic (exact) mass is 355 g/mol. The van der Waals surface area contributed by atoms with Crippen molar-refractivity contribution in [1.29, 1.82) is 0 Å². The molecular weight excluding hydrogens is 330 g/mol. The minimum absolute atomic E-state index is 0.276. The van der Waals surface area contributed by atoms with Crippen LogP contribution in [0.2, 0.25) is 0 Å². The van der Waals surface area contributed by atoms with Crippen molar-refractivity contribution in [2.45, 2.75) is 32.2 Å². The van der Waals surface area contributed by atoms with E-state index in [0.29, 0.717) is 6.42 Å². The van der Waals surface area contributed by atoms with E-state index in [1.807, 2.05) is 61.5 Å². The van der Waals surface area contributed by atoms with Gasteiger partial charge in [0.2, 0.25) is 0 Å². The molecule has 0 saturated carbocycles. The Balaban J connectivity index is 2.07. The molecule has 5 heteroatoms. The number of rotatable bonds is 9. The molecule has 0 aliphatic carbocycles. The number of benzene rings is 2. The lowest BCUT2D eigenvalue weighted by Crippen LogP contribution is -2.33. The van der Waals surface area contributed by atoms with Crippen LogP contribution in [-0.4, -0.2) is 25.6 Å². The zero-order chi connectivity index (χ0) is 18.8. The number of esters is 1. The molecule has 2 rings (SSSR count). The Morgan fingerprint density at radius 1 is 1.00 bits per heavy atom. The molecule has 0 aliphatic rings. The number of ether oxygens (including phenoxy) is 2. The van der Waals surface area contributed by atoms with Crippen LogP contribution in [0.15, 0.2) is 54.6 Å². The normalized spacial score (nSPS) is 11.5. The predicted octanol–water partition coefficient (Wildman–Crippen LogP) is 3.63. The molecule has 0 aromatic heterocycles. The van der Waals surface area contributed by atoms with Crippen LogP contribution in [0.3, 0.4) is 0 Å². The number of carbonyl (C=O) groups excluding carboxylic acids is 2. The maximum Gasteiger partial charge on any atom is 0.306 e. The van der Waals surface area contributed by atoms with Crippen LogP contribution in [0.1, 0.15) is 43.4 Å². The largest absolute Gasteiger partial charge is 0.497 e. The first-order chi connectivity index (χ1) is 12.6. The van der Waals surface area contributed by atoms with Crippen molar-refractivity contribution < 1.29 is 19.1 Å². The van der Waals surface area contributed by atoms with Crippen LogP contribution in [0, 0.1) is 0 Å². The van der Waals surface area contributed by atoms with Crippen molar-refractivity contribution >= 4 is 11.9 Å². The molecule has 5 nitrogen and oxygen atoms in total. The number of unbranched alkanes of at least 4 members (excludes halogenated alkanes) is 1. The quantitative estimate of drug-likeness (QED) is 0.698. The van der Waals surface area contributed by atoms with E-state index >= 15 is 0 Å². The Kier molecular flexibility index (Phi) is 7.68. The summed E-state index contributed by atoms with van der Waals surface area (Å²) in [5.74, 6) is 0.0685. The van der Waals surface area contributed by atoms with Gasteiger partial charge in [-0.2, -0.15) is 0 Å². The van der Waals surface area contributed by atoms with E-state index in [4.69, 9.17) is 9.47 Å². The number of amides is 1. The summed E-state index contributed by atoms with van der Waals surface area (Å²) in [4.78, 5) is 23.9. The molecule has 0 saturated heterocycles. The standard InChI is InChI=1S/C21H25NO4/c1-3-4-10-20(24)26-15-19(23)22-21(16-8-6-5-7-9-16)17-11-13-18(25-2)14-12-17/h5-9,11-14,21H,3-4,10,15H2,1-2H3,(H,22,23)/t21-/m0/s1. The second-order valence-corrected chi connectivity index (χ2v) is 5.95. The van der Waals surface area contributed by atoms with Crippen LogP contribution in [-0.2, 0) is 14.3 Å². The van der Waals surface area contributed by atoms with Crippen LogP contribution in [0.4, 0.5) is 0 Å². The van der Waals surface area contributed by atoms with E-state index in [1.165, 1.54) is 0 Å². The number of hydrogen-bond donors (Lipinski definition) is 1. The summed E-state index contributed by atoms with van der Waals surface area (Å²) < 4.78 is 10.2. The minimum Gasteiger partial charge on any atom is -0.497 e. The van der Waals surface area contributed by atoms with Crippen molar-refractivity contribution in [2.24, 2.45) is 0 Å². The molecule has 1 atom stereocenters. The molecule has 0 spiro atoms. The van der Waals surface area contributed by atoms with Gasteiger partial charge < -0.3 is 14.8 Å². The third-order valence-corrected chi connectivity index (χ3v) is 3.99. The fourth-order valence-electron chi connectivity index (χ4n) is 2.54. The molecule has 0 unspecified atom stereocenters. The molecular formula is C21H25NO4. The maximum atomic E-state index is 12.3. The molecule has 0 fully saturated rings. The van der Waals surface area contributed by atoms with E-state index in [2.05, 4.69) is 5.32 Å². The van der Waals surface area contributed by atoms with Crippen molar-refractivity contribution in [2.75, 3.05) is 13.7 Å². The zero-order valence-corrected chi connectivity index (χ0v) is 15.2. The molecule has 0 aliphatic heterocycles. The summed E-state index contributed by atoms with van der Waals surface area (Å²) in [6.45, 7) is 1.72. The number of methoxy groups -OCH3 is 1. The van der Waals surface area contributed by atoms with Crippen molar-refractivity contribution in [3.05, 3.63) is 65.7 Å². The summed E-state index contributed by atoms with van der Waals surface area (Å²) in [6, 6.07) is 16.8. The Labute approximate surface area is 154 Å². The maximum absolute atomic E-state index is 12.3. The van der Waals surface area contributed by atoms with Crippen LogP contribution in [0.25, 0.3) is 0 Å². The van der Waals surface area contributed by atoms with Gasteiger partial charge in [0.25, 0.3) is 5.91 Å². The predicted molar refractivity (Wildman–Crippen MR) is 99.9 cm³/mol. The topological polar surface area (TPSA) is 64.6 Å². The Morgan fingerprint density at radius 2 is 1.65 bits per heavy atom. The molecule has 0 radical (unpaired) electrons. The first-order valence-corrected chi connectivity index (χ1v) is 8.78. The number of hydrogen-bond acceptors (Lipinski definition) is 4. The molecule has 0 bridgehead atoms. The van der Waals surface area contributed by atoms with Gasteiger partial charge in [0.05, 0.1) is 13.2 Å². The van der Waals surface area contributed by atoms with Gasteiger partial charge in [-0.25, -0.2) is 0 Å². The van der Waals surface area contributed by atoms with E-state index < -0.39 is 0 Å². The van der Waals surface area contributed by atoms with Crippen molar-refractivity contribution in [3.63, 3.8) is 0 Å². The van der Waals surface area contributed by atoms with Crippen molar-refractivity contribution in [1.82, 2.24) is 5.32 Å². The lowest BCUT2D eigenvalue weighted by molar-refractivity contribution is -0.148. The summed E-state index contributed by atoms with van der Waals surface area (Å²) >= 11 is 0. The second-order valence-electron chi connectivity index (χ2n) is 5.95. The highest BCUT2D eigenvalue weighted by atomic mass is 16.5. The zero-order valence-electron chi connectivity index (χ0n) is 15.2. The number of nitrogens with one attached hydrogen (secondary N) is 1. The smallest absolute Gasteiger partial charge is 0.306 e. The van der Waals surface area contributed by atoms with Crippen molar-refractivity contribution in [3.8, 4) is 5.75 Å². The van der Waals surface area contributed by atoms with E-state index in [-0.39, 0.29) is 24.5 Å². The molecule has 1 N–H and O–H groups in total. The lowest BCUT2D eigenvalue weighted by Gasteiger charge is -2.20. The Bertz CT molecular complexity index is 698. The highest BCUT2D eigenvalue weighted by molar-refractivity contribution is 5.81. The lowest BCUT2D eigenvalue weighted by atomic mass is 9.98. The van der Waals surface area contributed by atoms with E-state index in [1.54, 1.807) is 7.11 Å². The van der Waals surface area contributed by atoms with Crippen LogP contribution < -0.4 is 10.1 Å². The summed E-state index contributed by atoms with van der Waals surface area (Å²) in [5.41, 5.74) is 1.87. The Morgan fingerprint density at radius 3 is 2.27 bits per heavy atom. The molecule has 2 aromatic rings. The van der Waals surface area contributed by atoms with Gasteiger partial charge in [-0.1, -0.05) is 55.8 Å². The molecule has 26 heavy (non-hydrogen) atoms. The van der Waals surface area contributed by atoms with Gasteiger partial charge in [0, 0.05) is 6.42 Å². The van der Waals surface area contributed by atoms with Crippen LogP contribution >= 0.6 is 0 Å². The third kappa shape index (κ3) is 5.92. The molecule has 1 amide bonds. The van der Waals surface area contributed by atoms with Gasteiger partial charge in [0.15, 0.2) is 6.61 Å². The van der Waals surface area contributed by atoms with Crippen LogP contribution in [0.5, 0.6) is 5.75 Å². The molecule has 2 aromatic carbocycles. The van der Waals surface area contributed by atoms with E-state index in [9.17, 15) is 9.59 Å². The average Bonchev–Trinajstić information content (AvgIpc) is 2.69. The third-order valence-electron chi connectivity index (χ3n) is 3.99. The SMILES string of the molecule is CCCCC(=O)OCC(=O)N[C@@H](c1ccccc1)c1ccc(OC)cc1. The van der Waals surface area contributed by atoms with E-state index in [0.717, 1.165) is 29.7 Å². The number of carbonyl (C=O) groups is 2. The van der Waals surface area contributed by atoms with Gasteiger partial charge in [0.1, 0.15) is 5.75 Å². The average molecular weight is 355 g/mol. The van der Waals surface area contributed by atoms with Gasteiger partial charge in [-0.05, 0) is 29.7 Å². The fourth-order valence-corrected chi connectivity index (χ4v) is 2.54. The van der Waals surface area contributed by atoms with Gasteiger partial charge in [-0.3, -0.25) is 9.59 Å². The molecule has 138 valence electrons. The Hall–Kier alpha value is -2.82. The highest BCUT2D eigenvalue weighted by Gasteiger charge is 2.18. The summed E-state index contributed by atoms with van der Waals surface area (Å²) in [5, 5.41) is 2.94. The highest BCUT2D eigenvalue weighted by Crippen LogP contribution is 2.24. The summed E-state index contributed by atoms with van der Waals surface area (Å²) in [6.07, 6.45) is 2.01. The first-order valence-electron chi connectivity index (χ1n) is 8.78.